The highest BCUT2D eigenvalue weighted by Gasteiger charge is 2.20. The maximum absolute atomic E-state index is 12.2. The zero-order valence-corrected chi connectivity index (χ0v) is 14.1. The molecule has 0 spiro atoms. The standard InChI is InChI=1S/C12H12N8O5S/c1-2-3-18-11(15-16-17-18)14-12(26)13-10(21)7-4-8(19(22)23)6-9(5-7)20(24)25/h4-6H,2-3H2,1H3,(H2,13,14,15,17,21,26). The van der Waals surface area contributed by atoms with Crippen molar-refractivity contribution >= 4 is 40.6 Å². The molecular formula is C12H12N8O5S. The minimum atomic E-state index is -0.858. The molecule has 2 aromatic rings. The minimum absolute atomic E-state index is 0.170. The van der Waals surface area contributed by atoms with Crippen LogP contribution in [0.5, 0.6) is 0 Å². The first-order chi connectivity index (χ1) is 12.3. The third kappa shape index (κ3) is 4.50. The van der Waals surface area contributed by atoms with E-state index in [-0.39, 0.29) is 16.6 Å². The first kappa shape index (κ1) is 18.8. The number of hydrogen-bond acceptors (Lipinski definition) is 9. The number of nitro groups is 2. The number of nitrogens with zero attached hydrogens (tertiary/aromatic N) is 6. The van der Waals surface area contributed by atoms with Crippen molar-refractivity contribution in [3.05, 3.63) is 44.0 Å². The first-order valence-electron chi connectivity index (χ1n) is 7.14. The lowest BCUT2D eigenvalue weighted by Gasteiger charge is -2.09. The lowest BCUT2D eigenvalue weighted by Crippen LogP contribution is -2.35. The van der Waals surface area contributed by atoms with E-state index in [0.717, 1.165) is 24.6 Å². The molecule has 13 nitrogen and oxygen atoms in total. The number of aromatic nitrogens is 4. The third-order valence-electron chi connectivity index (χ3n) is 3.01. The van der Waals surface area contributed by atoms with Crippen LogP contribution in [0.4, 0.5) is 17.3 Å². The molecule has 0 saturated heterocycles. The normalized spacial score (nSPS) is 10.2. The van der Waals surface area contributed by atoms with Gasteiger partial charge in [-0.15, -0.1) is 0 Å². The predicted octanol–water partition coefficient (Wildman–Crippen LogP) is 1.03. The number of non-ortho nitro benzene ring substituents is 2. The van der Waals surface area contributed by atoms with Gasteiger partial charge in [0.2, 0.25) is 5.95 Å². The molecule has 0 radical (unpaired) electrons. The molecule has 0 bridgehead atoms. The summed E-state index contributed by atoms with van der Waals surface area (Å²) in [5.74, 6) is -0.661. The molecule has 136 valence electrons. The summed E-state index contributed by atoms with van der Waals surface area (Å²) in [6.07, 6.45) is 0.760. The second-order valence-corrected chi connectivity index (χ2v) is 5.29. The van der Waals surface area contributed by atoms with E-state index in [4.69, 9.17) is 12.2 Å². The number of thiocarbonyl (C=S) groups is 1. The predicted molar refractivity (Wildman–Crippen MR) is 91.5 cm³/mol. The maximum atomic E-state index is 12.2. The number of tetrazole rings is 1. The molecule has 1 aromatic heterocycles. The van der Waals surface area contributed by atoms with E-state index in [0.29, 0.717) is 6.54 Å². The quantitative estimate of drug-likeness (QED) is 0.419. The Balaban J connectivity index is 2.16. The summed E-state index contributed by atoms with van der Waals surface area (Å²) in [6.45, 7) is 2.43. The zero-order valence-electron chi connectivity index (χ0n) is 13.3. The molecule has 2 rings (SSSR count). The highest BCUT2D eigenvalue weighted by molar-refractivity contribution is 7.80. The van der Waals surface area contributed by atoms with Crippen molar-refractivity contribution in [3.8, 4) is 0 Å². The molecule has 0 aliphatic carbocycles. The van der Waals surface area contributed by atoms with E-state index >= 15 is 0 Å². The van der Waals surface area contributed by atoms with Crippen LogP contribution in [0.25, 0.3) is 0 Å². The molecule has 14 heteroatoms. The van der Waals surface area contributed by atoms with Crippen molar-refractivity contribution in [2.24, 2.45) is 0 Å². The highest BCUT2D eigenvalue weighted by Crippen LogP contribution is 2.22. The smallest absolute Gasteiger partial charge is 0.277 e. The van der Waals surface area contributed by atoms with Crippen LogP contribution in [0.2, 0.25) is 0 Å². The summed E-state index contributed by atoms with van der Waals surface area (Å²) in [5.41, 5.74) is -1.46. The van der Waals surface area contributed by atoms with Crippen LogP contribution in [0.1, 0.15) is 23.7 Å². The fraction of sp³-hybridized carbons (Fsp3) is 0.250. The van der Waals surface area contributed by atoms with Gasteiger partial charge in [-0.25, -0.2) is 4.68 Å². The van der Waals surface area contributed by atoms with Crippen molar-refractivity contribution in [1.82, 2.24) is 25.5 Å². The van der Waals surface area contributed by atoms with Gasteiger partial charge >= 0.3 is 0 Å². The number of carbonyl (C=O) groups excluding carboxylic acids is 1. The molecule has 0 aliphatic rings. The molecule has 2 N–H and O–H groups in total. The Kier molecular flexibility index (Phi) is 5.79. The highest BCUT2D eigenvalue weighted by atomic mass is 32.1. The fourth-order valence-electron chi connectivity index (χ4n) is 1.90. The van der Waals surface area contributed by atoms with Gasteiger partial charge < -0.3 is 0 Å². The van der Waals surface area contributed by atoms with Crippen molar-refractivity contribution < 1.29 is 14.6 Å². The van der Waals surface area contributed by atoms with Crippen LogP contribution in [-0.2, 0) is 6.54 Å². The number of carbonyl (C=O) groups is 1. The summed E-state index contributed by atoms with van der Waals surface area (Å²) in [6, 6.07) is 2.57. The average molecular weight is 380 g/mol. The van der Waals surface area contributed by atoms with Gasteiger partial charge in [0.15, 0.2) is 5.11 Å². The number of benzene rings is 1. The molecule has 0 atom stereocenters. The van der Waals surface area contributed by atoms with E-state index in [1.165, 1.54) is 4.68 Å². The van der Waals surface area contributed by atoms with Gasteiger partial charge in [0.25, 0.3) is 17.3 Å². The van der Waals surface area contributed by atoms with Gasteiger partial charge in [0.05, 0.1) is 21.5 Å². The second-order valence-electron chi connectivity index (χ2n) is 4.89. The molecular weight excluding hydrogens is 368 g/mol. The molecule has 0 saturated carbocycles. The monoisotopic (exact) mass is 380 g/mol. The van der Waals surface area contributed by atoms with E-state index in [9.17, 15) is 25.0 Å². The fourth-order valence-corrected chi connectivity index (χ4v) is 2.09. The molecule has 1 aromatic carbocycles. The Morgan fingerprint density at radius 2 is 1.85 bits per heavy atom. The van der Waals surface area contributed by atoms with Crippen LogP contribution in [0.15, 0.2) is 18.2 Å². The molecule has 0 unspecified atom stereocenters. The topological polar surface area (TPSA) is 171 Å². The molecule has 1 heterocycles. The Morgan fingerprint density at radius 1 is 1.23 bits per heavy atom. The van der Waals surface area contributed by atoms with Crippen LogP contribution >= 0.6 is 12.2 Å². The van der Waals surface area contributed by atoms with Gasteiger partial charge in [0.1, 0.15) is 0 Å². The number of nitro benzene ring substituents is 2. The van der Waals surface area contributed by atoms with Crippen molar-refractivity contribution in [2.75, 3.05) is 5.32 Å². The van der Waals surface area contributed by atoms with Gasteiger partial charge in [-0.3, -0.25) is 35.7 Å². The zero-order chi connectivity index (χ0) is 19.3. The lowest BCUT2D eigenvalue weighted by molar-refractivity contribution is -0.394. The first-order valence-corrected chi connectivity index (χ1v) is 7.55. The van der Waals surface area contributed by atoms with E-state index < -0.39 is 27.1 Å². The summed E-state index contributed by atoms with van der Waals surface area (Å²) in [4.78, 5) is 32.3. The number of rotatable bonds is 6. The number of nitrogens with one attached hydrogen (secondary N) is 2. The lowest BCUT2D eigenvalue weighted by atomic mass is 10.1. The third-order valence-corrected chi connectivity index (χ3v) is 3.21. The van der Waals surface area contributed by atoms with Gasteiger partial charge in [-0.05, 0) is 29.1 Å². The van der Waals surface area contributed by atoms with E-state index in [2.05, 4.69) is 26.2 Å². The van der Waals surface area contributed by atoms with Crippen LogP contribution in [0.3, 0.4) is 0 Å². The van der Waals surface area contributed by atoms with Crippen molar-refractivity contribution in [1.29, 1.82) is 0 Å². The van der Waals surface area contributed by atoms with Crippen LogP contribution in [0, 0.1) is 20.2 Å². The van der Waals surface area contributed by atoms with Gasteiger partial charge in [-0.1, -0.05) is 12.0 Å². The van der Waals surface area contributed by atoms with Gasteiger partial charge in [-0.2, -0.15) is 0 Å². The van der Waals surface area contributed by atoms with Crippen LogP contribution in [-0.4, -0.2) is 41.1 Å². The maximum Gasteiger partial charge on any atom is 0.277 e. The number of anilines is 1. The summed E-state index contributed by atoms with van der Waals surface area (Å²) in [5, 5.41) is 37.3. The average Bonchev–Trinajstić information content (AvgIpc) is 3.01. The van der Waals surface area contributed by atoms with Crippen molar-refractivity contribution in [2.45, 2.75) is 19.9 Å². The Morgan fingerprint density at radius 3 is 2.38 bits per heavy atom. The van der Waals surface area contributed by atoms with E-state index in [1.54, 1.807) is 0 Å². The van der Waals surface area contributed by atoms with Crippen LogP contribution < -0.4 is 10.6 Å². The SMILES string of the molecule is CCCn1nnnc1NC(=S)NC(=O)c1cc([N+](=O)[O-])cc([N+](=O)[O-])c1. The molecule has 1 amide bonds. The molecule has 0 fully saturated rings. The summed E-state index contributed by atoms with van der Waals surface area (Å²) >= 11 is 4.97. The number of aryl methyl sites for hydroxylation is 1. The Hall–Kier alpha value is -3.55. The van der Waals surface area contributed by atoms with Gasteiger partial charge in [0, 0.05) is 18.7 Å². The largest absolute Gasteiger partial charge is 0.300 e. The summed E-state index contributed by atoms with van der Waals surface area (Å²) in [7, 11) is 0. The number of hydrogen-bond donors (Lipinski definition) is 2. The Labute approximate surface area is 150 Å². The number of amides is 1. The molecule has 26 heavy (non-hydrogen) atoms. The second kappa shape index (κ2) is 8.02. The minimum Gasteiger partial charge on any atom is -0.300 e. The van der Waals surface area contributed by atoms with Crippen molar-refractivity contribution in [3.63, 3.8) is 0 Å². The summed E-state index contributed by atoms with van der Waals surface area (Å²) < 4.78 is 1.43. The Bertz CT molecular complexity index is 850. The van der Waals surface area contributed by atoms with E-state index in [1.807, 2.05) is 6.92 Å². The molecule has 0 aliphatic heterocycles.